The maximum Gasteiger partial charge on any atom is 0.161 e. The number of thiophene rings is 1. The molecule has 0 radical (unpaired) electrons. The van der Waals surface area contributed by atoms with Crippen LogP contribution in [0, 0.1) is 13.8 Å². The van der Waals surface area contributed by atoms with Gasteiger partial charge in [0.15, 0.2) is 11.5 Å². The first-order chi connectivity index (χ1) is 9.60. The van der Waals surface area contributed by atoms with Gasteiger partial charge in [0.1, 0.15) is 0 Å². The minimum absolute atomic E-state index is 0.175. The van der Waals surface area contributed by atoms with Crippen LogP contribution in [0.5, 0.6) is 11.5 Å². The highest BCUT2D eigenvalue weighted by Gasteiger charge is 2.18. The van der Waals surface area contributed by atoms with Crippen molar-refractivity contribution in [3.05, 3.63) is 45.1 Å². The number of ether oxygens (including phenoxy) is 2. The van der Waals surface area contributed by atoms with Crippen molar-refractivity contribution in [3.63, 3.8) is 0 Å². The molecule has 0 saturated heterocycles. The topological polar surface area (TPSA) is 30.5 Å². The van der Waals surface area contributed by atoms with Crippen LogP contribution in [0.3, 0.4) is 0 Å². The second kappa shape index (κ2) is 6.29. The average molecular weight is 291 g/mol. The van der Waals surface area contributed by atoms with E-state index in [1.807, 2.05) is 30.5 Å². The lowest BCUT2D eigenvalue weighted by Gasteiger charge is -2.18. The Morgan fingerprint density at radius 2 is 1.75 bits per heavy atom. The van der Waals surface area contributed by atoms with Gasteiger partial charge in [-0.2, -0.15) is 0 Å². The van der Waals surface area contributed by atoms with Crippen LogP contribution in [-0.4, -0.2) is 21.3 Å². The molecule has 1 N–H and O–H groups in total. The van der Waals surface area contributed by atoms with Crippen LogP contribution < -0.4 is 14.8 Å². The van der Waals surface area contributed by atoms with Crippen molar-refractivity contribution in [2.24, 2.45) is 0 Å². The molecule has 2 aromatic rings. The Balaban J connectivity index is 2.44. The summed E-state index contributed by atoms with van der Waals surface area (Å²) in [7, 11) is 5.30. The number of nitrogens with one attached hydrogen (secondary N) is 1. The molecule has 1 atom stereocenters. The van der Waals surface area contributed by atoms with Gasteiger partial charge in [-0.1, -0.05) is 6.07 Å². The smallest absolute Gasteiger partial charge is 0.161 e. The van der Waals surface area contributed by atoms with E-state index in [9.17, 15) is 0 Å². The third-order valence-electron chi connectivity index (χ3n) is 3.37. The van der Waals surface area contributed by atoms with Gasteiger partial charge >= 0.3 is 0 Å². The second-order valence-corrected chi connectivity index (χ2v) is 6.03. The van der Waals surface area contributed by atoms with Gasteiger partial charge in [0.25, 0.3) is 0 Å². The largest absolute Gasteiger partial charge is 0.493 e. The summed E-state index contributed by atoms with van der Waals surface area (Å²) >= 11 is 1.83. The van der Waals surface area contributed by atoms with Gasteiger partial charge in [-0.05, 0) is 50.2 Å². The summed E-state index contributed by atoms with van der Waals surface area (Å²) in [5.74, 6) is 1.52. The number of aryl methyl sites for hydroxylation is 2. The lowest BCUT2D eigenvalue weighted by atomic mass is 10.0. The SMILES string of the molecule is CNC(c1ccc(OC)c(OC)c1)c1sc(C)cc1C. The van der Waals surface area contributed by atoms with Crippen LogP contribution in [-0.2, 0) is 0 Å². The summed E-state index contributed by atoms with van der Waals surface area (Å²) < 4.78 is 10.7. The van der Waals surface area contributed by atoms with E-state index < -0.39 is 0 Å². The normalized spacial score (nSPS) is 12.2. The Bertz CT molecular complexity index is 592. The van der Waals surface area contributed by atoms with Crippen molar-refractivity contribution in [1.29, 1.82) is 0 Å². The molecule has 1 aromatic heterocycles. The fourth-order valence-electron chi connectivity index (χ4n) is 2.43. The standard InChI is InChI=1S/C16H21NO2S/c1-10-8-11(2)20-16(10)15(17-3)12-6-7-13(18-4)14(9-12)19-5/h6-9,15,17H,1-5H3. The molecule has 20 heavy (non-hydrogen) atoms. The van der Waals surface area contributed by atoms with Crippen LogP contribution >= 0.6 is 11.3 Å². The van der Waals surface area contributed by atoms with Crippen LogP contribution in [0.15, 0.2) is 24.3 Å². The van der Waals surface area contributed by atoms with Crippen LogP contribution in [0.1, 0.15) is 26.9 Å². The molecule has 0 spiro atoms. The van der Waals surface area contributed by atoms with Crippen molar-refractivity contribution < 1.29 is 9.47 Å². The quantitative estimate of drug-likeness (QED) is 0.911. The maximum atomic E-state index is 5.39. The summed E-state index contributed by atoms with van der Waals surface area (Å²) in [6, 6.07) is 8.47. The third-order valence-corrected chi connectivity index (χ3v) is 4.59. The van der Waals surface area contributed by atoms with E-state index in [1.54, 1.807) is 14.2 Å². The molecule has 0 aliphatic rings. The first-order valence-electron chi connectivity index (χ1n) is 6.56. The second-order valence-electron chi connectivity index (χ2n) is 4.74. The number of benzene rings is 1. The monoisotopic (exact) mass is 291 g/mol. The van der Waals surface area contributed by atoms with E-state index in [0.29, 0.717) is 0 Å². The lowest BCUT2D eigenvalue weighted by molar-refractivity contribution is 0.354. The highest BCUT2D eigenvalue weighted by atomic mass is 32.1. The minimum Gasteiger partial charge on any atom is -0.493 e. The average Bonchev–Trinajstić information content (AvgIpc) is 2.78. The maximum absolute atomic E-state index is 5.39. The van der Waals surface area contributed by atoms with Gasteiger partial charge in [0.05, 0.1) is 20.3 Å². The molecule has 3 nitrogen and oxygen atoms in total. The van der Waals surface area contributed by atoms with Crippen LogP contribution in [0.4, 0.5) is 0 Å². The molecular weight excluding hydrogens is 270 g/mol. The van der Waals surface area contributed by atoms with E-state index in [0.717, 1.165) is 11.5 Å². The molecule has 0 bridgehead atoms. The van der Waals surface area contributed by atoms with Crippen molar-refractivity contribution in [3.8, 4) is 11.5 Å². The molecule has 1 aromatic carbocycles. The van der Waals surface area contributed by atoms with Gasteiger partial charge in [0.2, 0.25) is 0 Å². The van der Waals surface area contributed by atoms with Crippen LogP contribution in [0.2, 0.25) is 0 Å². The van der Waals surface area contributed by atoms with Crippen molar-refractivity contribution in [1.82, 2.24) is 5.32 Å². The van der Waals surface area contributed by atoms with Gasteiger partial charge in [-0.15, -0.1) is 11.3 Å². The molecule has 4 heteroatoms. The fourth-order valence-corrected chi connectivity index (χ4v) is 3.60. The van der Waals surface area contributed by atoms with Gasteiger partial charge < -0.3 is 14.8 Å². The number of methoxy groups -OCH3 is 2. The molecule has 1 heterocycles. The molecule has 0 aliphatic carbocycles. The van der Waals surface area contributed by atoms with Gasteiger partial charge in [-0.3, -0.25) is 0 Å². The Morgan fingerprint density at radius 1 is 1.05 bits per heavy atom. The zero-order valence-electron chi connectivity index (χ0n) is 12.6. The van der Waals surface area contributed by atoms with Crippen molar-refractivity contribution in [2.45, 2.75) is 19.9 Å². The zero-order valence-corrected chi connectivity index (χ0v) is 13.4. The zero-order chi connectivity index (χ0) is 14.7. The number of hydrogen-bond donors (Lipinski definition) is 1. The fraction of sp³-hybridized carbons (Fsp3) is 0.375. The Hall–Kier alpha value is -1.52. The lowest BCUT2D eigenvalue weighted by Crippen LogP contribution is -2.17. The Morgan fingerprint density at radius 3 is 2.25 bits per heavy atom. The van der Waals surface area contributed by atoms with Crippen LogP contribution in [0.25, 0.3) is 0 Å². The third kappa shape index (κ3) is 2.81. The number of rotatable bonds is 5. The van der Waals surface area contributed by atoms with Crippen molar-refractivity contribution >= 4 is 11.3 Å². The van der Waals surface area contributed by atoms with E-state index in [1.165, 1.54) is 20.9 Å². The van der Waals surface area contributed by atoms with Crippen molar-refractivity contribution in [2.75, 3.05) is 21.3 Å². The molecular formula is C16H21NO2S. The highest BCUT2D eigenvalue weighted by molar-refractivity contribution is 7.12. The molecule has 2 rings (SSSR count). The van der Waals surface area contributed by atoms with Gasteiger partial charge in [-0.25, -0.2) is 0 Å². The van der Waals surface area contributed by atoms with Gasteiger partial charge in [0, 0.05) is 9.75 Å². The van der Waals surface area contributed by atoms with E-state index in [2.05, 4.69) is 31.3 Å². The molecule has 108 valence electrons. The first kappa shape index (κ1) is 14.9. The first-order valence-corrected chi connectivity index (χ1v) is 7.38. The predicted molar refractivity (Wildman–Crippen MR) is 84.2 cm³/mol. The minimum atomic E-state index is 0.175. The Kier molecular flexibility index (Phi) is 4.68. The Labute approximate surface area is 124 Å². The predicted octanol–water partition coefficient (Wildman–Crippen LogP) is 3.69. The molecule has 0 aliphatic heterocycles. The molecule has 1 unspecified atom stereocenters. The molecule has 0 amide bonds. The summed E-state index contributed by atoms with van der Waals surface area (Å²) in [6.45, 7) is 4.30. The molecule has 0 fully saturated rings. The summed E-state index contributed by atoms with van der Waals surface area (Å²) in [5.41, 5.74) is 2.50. The van der Waals surface area contributed by atoms with E-state index in [-0.39, 0.29) is 6.04 Å². The number of hydrogen-bond acceptors (Lipinski definition) is 4. The van der Waals surface area contributed by atoms with E-state index >= 15 is 0 Å². The molecule has 0 saturated carbocycles. The van der Waals surface area contributed by atoms with E-state index in [4.69, 9.17) is 9.47 Å². The summed E-state index contributed by atoms with van der Waals surface area (Å²) in [5, 5.41) is 3.39. The highest BCUT2D eigenvalue weighted by Crippen LogP contribution is 2.35. The summed E-state index contributed by atoms with van der Waals surface area (Å²) in [6.07, 6.45) is 0. The summed E-state index contributed by atoms with van der Waals surface area (Å²) in [4.78, 5) is 2.68.